The van der Waals surface area contributed by atoms with Crippen molar-refractivity contribution in [1.29, 1.82) is 0 Å². The van der Waals surface area contributed by atoms with Gasteiger partial charge < -0.3 is 9.84 Å². The third-order valence-electron chi connectivity index (χ3n) is 2.63. The average molecular weight is 398 g/mol. The minimum atomic E-state index is -0.348. The van der Waals surface area contributed by atoms with Crippen LogP contribution in [0.3, 0.4) is 0 Å². The Morgan fingerprint density at radius 2 is 2.21 bits per heavy atom. The molecule has 1 atom stereocenters. The number of benzene rings is 1. The number of rotatable bonds is 4. The molecule has 0 saturated carbocycles. The summed E-state index contributed by atoms with van der Waals surface area (Å²) in [6.07, 6.45) is 0.644. The van der Waals surface area contributed by atoms with Crippen LogP contribution in [0.1, 0.15) is 12.7 Å². The Kier molecular flexibility index (Phi) is 6.15. The Morgan fingerprint density at radius 3 is 2.84 bits per heavy atom. The lowest BCUT2D eigenvalue weighted by Crippen LogP contribution is -2.24. The molecule has 1 unspecified atom stereocenters. The smallest absolute Gasteiger partial charge is 0.261 e. The molecule has 2 aromatic rings. The molecule has 0 aliphatic heterocycles. The first kappa shape index (κ1) is 16.3. The van der Waals surface area contributed by atoms with Crippen LogP contribution in [0.25, 0.3) is 11.5 Å². The fourth-order valence-corrected chi connectivity index (χ4v) is 2.21. The molecule has 1 heterocycles. The van der Waals surface area contributed by atoms with Gasteiger partial charge in [-0.25, -0.2) is 4.39 Å². The van der Waals surface area contributed by atoms with Crippen LogP contribution < -0.4 is 5.32 Å². The molecule has 0 fully saturated rings. The fourth-order valence-electron chi connectivity index (χ4n) is 1.52. The lowest BCUT2D eigenvalue weighted by molar-refractivity contribution is 0.416. The second kappa shape index (κ2) is 7.16. The number of nitrogens with one attached hydrogen (secondary N) is 1. The van der Waals surface area contributed by atoms with Crippen molar-refractivity contribution in [2.45, 2.75) is 19.4 Å². The van der Waals surface area contributed by atoms with E-state index < -0.39 is 0 Å². The normalized spacial score (nSPS) is 12.0. The molecule has 0 bridgehead atoms. The minimum absolute atomic E-state index is 0. The van der Waals surface area contributed by atoms with Crippen LogP contribution in [-0.2, 0) is 6.42 Å². The van der Waals surface area contributed by atoms with E-state index in [-0.39, 0.29) is 30.2 Å². The lowest BCUT2D eigenvalue weighted by Gasteiger charge is -2.04. The summed E-state index contributed by atoms with van der Waals surface area (Å²) < 4.78 is 19.6. The van der Waals surface area contributed by atoms with Gasteiger partial charge in [0.1, 0.15) is 5.82 Å². The maximum Gasteiger partial charge on any atom is 0.261 e. The van der Waals surface area contributed by atoms with Gasteiger partial charge in [0.25, 0.3) is 5.89 Å². The van der Waals surface area contributed by atoms with Crippen molar-refractivity contribution in [2.75, 3.05) is 7.05 Å². The second-order valence-corrected chi connectivity index (χ2v) is 5.17. The van der Waals surface area contributed by atoms with E-state index in [1.807, 2.05) is 14.0 Å². The van der Waals surface area contributed by atoms with E-state index in [1.54, 1.807) is 12.1 Å². The van der Waals surface area contributed by atoms with Crippen molar-refractivity contribution in [1.82, 2.24) is 15.5 Å². The van der Waals surface area contributed by atoms with Crippen molar-refractivity contribution in [2.24, 2.45) is 0 Å². The van der Waals surface area contributed by atoms with Gasteiger partial charge in [-0.1, -0.05) is 11.2 Å². The molecule has 1 aromatic carbocycles. The van der Waals surface area contributed by atoms with E-state index >= 15 is 0 Å². The minimum Gasteiger partial charge on any atom is -0.334 e. The van der Waals surface area contributed by atoms with Crippen LogP contribution >= 0.6 is 35.0 Å². The van der Waals surface area contributed by atoms with Gasteiger partial charge >= 0.3 is 0 Å². The summed E-state index contributed by atoms with van der Waals surface area (Å²) in [4.78, 5) is 4.23. The zero-order valence-electron chi connectivity index (χ0n) is 10.5. The zero-order chi connectivity index (χ0) is 13.1. The molecular formula is C12H14ClFIN3O. The maximum absolute atomic E-state index is 13.7. The SMILES string of the molecule is CNC(C)Cc1noc(-c2c(F)cccc2I)n1.Cl. The number of nitrogens with zero attached hydrogens (tertiary/aromatic N) is 2. The van der Waals surface area contributed by atoms with Crippen LogP contribution in [-0.4, -0.2) is 23.2 Å². The Bertz CT molecular complexity index is 529. The van der Waals surface area contributed by atoms with Gasteiger partial charge in [-0.3, -0.25) is 0 Å². The molecule has 0 radical (unpaired) electrons. The van der Waals surface area contributed by atoms with E-state index in [2.05, 4.69) is 38.0 Å². The average Bonchev–Trinajstić information content (AvgIpc) is 2.77. The highest BCUT2D eigenvalue weighted by atomic mass is 127. The summed E-state index contributed by atoms with van der Waals surface area (Å²) in [7, 11) is 1.87. The number of aromatic nitrogens is 2. The van der Waals surface area contributed by atoms with Gasteiger partial charge in [-0.2, -0.15) is 4.98 Å². The molecule has 4 nitrogen and oxygen atoms in total. The summed E-state index contributed by atoms with van der Waals surface area (Å²) in [5.74, 6) is 0.459. The highest BCUT2D eigenvalue weighted by Gasteiger charge is 2.17. The summed E-state index contributed by atoms with van der Waals surface area (Å²) in [5.41, 5.74) is 0.369. The quantitative estimate of drug-likeness (QED) is 0.806. The molecule has 0 amide bonds. The number of likely N-dealkylation sites (N-methyl/N-ethyl adjacent to an activating group) is 1. The monoisotopic (exact) mass is 397 g/mol. The fraction of sp³-hybridized carbons (Fsp3) is 0.333. The molecule has 1 N–H and O–H groups in total. The van der Waals surface area contributed by atoms with Crippen LogP contribution in [0.4, 0.5) is 4.39 Å². The molecule has 0 saturated heterocycles. The van der Waals surface area contributed by atoms with Gasteiger partial charge in [-0.15, -0.1) is 12.4 Å². The van der Waals surface area contributed by atoms with Crippen molar-refractivity contribution >= 4 is 35.0 Å². The van der Waals surface area contributed by atoms with E-state index in [0.717, 1.165) is 3.57 Å². The summed E-state index contributed by atoms with van der Waals surface area (Å²) >= 11 is 2.05. The molecule has 0 aliphatic carbocycles. The van der Waals surface area contributed by atoms with Gasteiger partial charge in [0.05, 0.1) is 5.56 Å². The maximum atomic E-state index is 13.7. The second-order valence-electron chi connectivity index (χ2n) is 4.01. The summed E-state index contributed by atoms with van der Waals surface area (Å²) in [5, 5.41) is 6.95. The van der Waals surface area contributed by atoms with E-state index in [9.17, 15) is 4.39 Å². The summed E-state index contributed by atoms with van der Waals surface area (Å²) in [6, 6.07) is 5.09. The molecular weight excluding hydrogens is 384 g/mol. The van der Waals surface area contributed by atoms with Gasteiger partial charge in [0.15, 0.2) is 5.82 Å². The van der Waals surface area contributed by atoms with Crippen molar-refractivity contribution in [3.8, 4) is 11.5 Å². The Balaban J connectivity index is 0.00000180. The zero-order valence-corrected chi connectivity index (χ0v) is 13.5. The standard InChI is InChI=1S/C12H13FIN3O.ClH/c1-7(15-2)6-10-16-12(18-17-10)11-8(13)4-3-5-9(11)14;/h3-5,7,15H,6H2,1-2H3;1H. The van der Waals surface area contributed by atoms with Crippen molar-refractivity contribution in [3.63, 3.8) is 0 Å². The van der Waals surface area contributed by atoms with Gasteiger partial charge in [-0.05, 0) is 48.7 Å². The molecule has 0 aliphatic rings. The molecule has 0 spiro atoms. The first-order chi connectivity index (χ1) is 8.61. The largest absolute Gasteiger partial charge is 0.334 e. The molecule has 2 rings (SSSR count). The topological polar surface area (TPSA) is 51.0 Å². The third-order valence-corrected chi connectivity index (χ3v) is 3.53. The Morgan fingerprint density at radius 1 is 1.47 bits per heavy atom. The first-order valence-corrected chi connectivity index (χ1v) is 6.64. The molecule has 7 heteroatoms. The van der Waals surface area contributed by atoms with E-state index in [1.165, 1.54) is 6.07 Å². The van der Waals surface area contributed by atoms with Crippen LogP contribution in [0.2, 0.25) is 0 Å². The lowest BCUT2D eigenvalue weighted by atomic mass is 10.2. The van der Waals surface area contributed by atoms with Crippen molar-refractivity contribution in [3.05, 3.63) is 33.4 Å². The third kappa shape index (κ3) is 3.87. The molecule has 104 valence electrons. The number of halogens is 3. The van der Waals surface area contributed by atoms with Crippen molar-refractivity contribution < 1.29 is 8.91 Å². The molecule has 19 heavy (non-hydrogen) atoms. The number of hydrogen-bond donors (Lipinski definition) is 1. The Hall–Kier alpha value is -0.730. The highest BCUT2D eigenvalue weighted by Crippen LogP contribution is 2.26. The van der Waals surface area contributed by atoms with Crippen LogP contribution in [0.5, 0.6) is 0 Å². The molecule has 1 aromatic heterocycles. The van der Waals surface area contributed by atoms with E-state index in [4.69, 9.17) is 4.52 Å². The van der Waals surface area contributed by atoms with E-state index in [0.29, 0.717) is 17.8 Å². The first-order valence-electron chi connectivity index (χ1n) is 5.56. The van der Waals surface area contributed by atoms with Crippen LogP contribution in [0.15, 0.2) is 22.7 Å². The van der Waals surface area contributed by atoms with Crippen LogP contribution in [0, 0.1) is 9.39 Å². The van der Waals surface area contributed by atoms with Gasteiger partial charge in [0.2, 0.25) is 0 Å². The summed E-state index contributed by atoms with van der Waals surface area (Å²) in [6.45, 7) is 2.02. The number of hydrogen-bond acceptors (Lipinski definition) is 4. The van der Waals surface area contributed by atoms with Gasteiger partial charge in [0, 0.05) is 16.0 Å². The predicted octanol–water partition coefficient (Wildman–Crippen LogP) is 3.05. The Labute approximate surface area is 130 Å². The highest BCUT2D eigenvalue weighted by molar-refractivity contribution is 14.1. The predicted molar refractivity (Wildman–Crippen MR) is 81.9 cm³/mol.